The van der Waals surface area contributed by atoms with Gasteiger partial charge < -0.3 is 10.6 Å². The van der Waals surface area contributed by atoms with Crippen molar-refractivity contribution in [1.82, 2.24) is 10.6 Å². The van der Waals surface area contributed by atoms with Gasteiger partial charge in [0.15, 0.2) is 0 Å². The Bertz CT molecular complexity index is 295. The maximum atomic E-state index is 5.90. The average molecular weight is 211 g/mol. The number of hydrogen-bond acceptors (Lipinski definition) is 2. The van der Waals surface area contributed by atoms with Crippen molar-refractivity contribution in [3.05, 3.63) is 34.9 Å². The minimum atomic E-state index is 0.619. The van der Waals surface area contributed by atoms with Crippen LogP contribution in [-0.4, -0.2) is 19.1 Å². The summed E-state index contributed by atoms with van der Waals surface area (Å²) in [4.78, 5) is 0. The van der Waals surface area contributed by atoms with Crippen molar-refractivity contribution in [2.75, 3.05) is 13.1 Å². The van der Waals surface area contributed by atoms with E-state index >= 15 is 0 Å². The van der Waals surface area contributed by atoms with E-state index in [2.05, 4.69) is 16.7 Å². The molecule has 0 saturated carbocycles. The highest BCUT2D eigenvalue weighted by Crippen LogP contribution is 2.10. The average Bonchev–Trinajstić information content (AvgIpc) is 2.67. The first-order valence-electron chi connectivity index (χ1n) is 5.03. The number of hydrogen-bond donors (Lipinski definition) is 2. The van der Waals surface area contributed by atoms with Gasteiger partial charge in [0.1, 0.15) is 0 Å². The highest BCUT2D eigenvalue weighted by Gasteiger charge is 2.12. The summed E-state index contributed by atoms with van der Waals surface area (Å²) in [6.07, 6.45) is 1.22. The van der Waals surface area contributed by atoms with E-state index in [1.165, 1.54) is 12.0 Å². The zero-order valence-corrected chi connectivity index (χ0v) is 8.85. The Hall–Kier alpha value is -0.570. The molecule has 0 unspecified atom stereocenters. The second-order valence-electron chi connectivity index (χ2n) is 3.70. The molecule has 14 heavy (non-hydrogen) atoms. The number of benzene rings is 1. The van der Waals surface area contributed by atoms with Gasteiger partial charge in [0, 0.05) is 24.2 Å². The molecule has 0 aliphatic carbocycles. The molecule has 1 aromatic carbocycles. The summed E-state index contributed by atoms with van der Waals surface area (Å²) < 4.78 is 0. The lowest BCUT2D eigenvalue weighted by atomic mass is 10.2. The molecule has 0 radical (unpaired) electrons. The first-order valence-corrected chi connectivity index (χ1v) is 5.41. The van der Waals surface area contributed by atoms with Gasteiger partial charge in [0.05, 0.1) is 0 Å². The van der Waals surface area contributed by atoms with Gasteiger partial charge in [-0.15, -0.1) is 0 Å². The molecule has 76 valence electrons. The Labute approximate surface area is 89.7 Å². The Kier molecular flexibility index (Phi) is 3.40. The summed E-state index contributed by atoms with van der Waals surface area (Å²) in [5, 5.41) is 7.65. The molecular formula is C11H15ClN2. The Balaban J connectivity index is 1.85. The summed E-state index contributed by atoms with van der Waals surface area (Å²) in [7, 11) is 0. The largest absolute Gasteiger partial charge is 0.315 e. The molecule has 1 heterocycles. The van der Waals surface area contributed by atoms with E-state index in [1.807, 2.05) is 18.2 Å². The fourth-order valence-corrected chi connectivity index (χ4v) is 1.95. The van der Waals surface area contributed by atoms with Gasteiger partial charge in [-0.05, 0) is 30.7 Å². The molecule has 2 rings (SSSR count). The second kappa shape index (κ2) is 4.78. The van der Waals surface area contributed by atoms with E-state index in [0.29, 0.717) is 6.04 Å². The zero-order chi connectivity index (χ0) is 9.80. The van der Waals surface area contributed by atoms with Gasteiger partial charge in [-0.2, -0.15) is 0 Å². The quantitative estimate of drug-likeness (QED) is 0.795. The fraction of sp³-hybridized carbons (Fsp3) is 0.455. The van der Waals surface area contributed by atoms with E-state index in [0.717, 1.165) is 24.7 Å². The summed E-state index contributed by atoms with van der Waals surface area (Å²) in [5.74, 6) is 0. The van der Waals surface area contributed by atoms with E-state index in [-0.39, 0.29) is 0 Å². The van der Waals surface area contributed by atoms with E-state index in [4.69, 9.17) is 11.6 Å². The number of halogens is 1. The van der Waals surface area contributed by atoms with Crippen molar-refractivity contribution in [1.29, 1.82) is 0 Å². The Morgan fingerprint density at radius 2 is 2.43 bits per heavy atom. The van der Waals surface area contributed by atoms with Crippen molar-refractivity contribution in [2.24, 2.45) is 0 Å². The first-order chi connectivity index (χ1) is 6.84. The Morgan fingerprint density at radius 1 is 1.50 bits per heavy atom. The van der Waals surface area contributed by atoms with Crippen molar-refractivity contribution < 1.29 is 0 Å². The van der Waals surface area contributed by atoms with Gasteiger partial charge in [-0.1, -0.05) is 23.7 Å². The summed E-state index contributed by atoms with van der Waals surface area (Å²) in [6, 6.07) is 8.63. The number of rotatable bonds is 3. The highest BCUT2D eigenvalue weighted by atomic mass is 35.5. The molecule has 3 heteroatoms. The van der Waals surface area contributed by atoms with Crippen LogP contribution in [0.25, 0.3) is 0 Å². The highest BCUT2D eigenvalue weighted by molar-refractivity contribution is 6.30. The van der Waals surface area contributed by atoms with Crippen LogP contribution in [-0.2, 0) is 6.54 Å². The van der Waals surface area contributed by atoms with Crippen LogP contribution in [0.2, 0.25) is 5.02 Å². The molecule has 1 aliphatic heterocycles. The molecule has 0 spiro atoms. The summed E-state index contributed by atoms with van der Waals surface area (Å²) in [5.41, 5.74) is 1.25. The molecule has 2 N–H and O–H groups in total. The molecule has 0 aromatic heterocycles. The standard InChI is InChI=1S/C11H15ClN2/c12-10-3-1-2-9(6-10)7-14-11-4-5-13-8-11/h1-3,6,11,13-14H,4-5,7-8H2/t11-/m1/s1. The number of nitrogens with one attached hydrogen (secondary N) is 2. The SMILES string of the molecule is Clc1cccc(CN[C@@H]2CCNC2)c1. The molecule has 0 bridgehead atoms. The van der Waals surface area contributed by atoms with Crippen LogP contribution >= 0.6 is 11.6 Å². The molecule has 0 amide bonds. The summed E-state index contributed by atoms with van der Waals surface area (Å²) >= 11 is 5.90. The smallest absolute Gasteiger partial charge is 0.0409 e. The topological polar surface area (TPSA) is 24.1 Å². The van der Waals surface area contributed by atoms with Crippen LogP contribution < -0.4 is 10.6 Å². The molecule has 1 aliphatic rings. The fourth-order valence-electron chi connectivity index (χ4n) is 1.74. The van der Waals surface area contributed by atoms with Crippen LogP contribution in [0.4, 0.5) is 0 Å². The van der Waals surface area contributed by atoms with E-state index < -0.39 is 0 Å². The first kappa shape index (κ1) is 9.97. The molecule has 1 aromatic rings. The molecule has 2 nitrogen and oxygen atoms in total. The Morgan fingerprint density at radius 3 is 3.14 bits per heavy atom. The van der Waals surface area contributed by atoms with Gasteiger partial charge in [0.2, 0.25) is 0 Å². The summed E-state index contributed by atoms with van der Waals surface area (Å²) in [6.45, 7) is 3.13. The van der Waals surface area contributed by atoms with Gasteiger partial charge in [0.25, 0.3) is 0 Å². The van der Waals surface area contributed by atoms with Gasteiger partial charge in [-0.3, -0.25) is 0 Å². The van der Waals surface area contributed by atoms with E-state index in [1.54, 1.807) is 0 Å². The minimum absolute atomic E-state index is 0.619. The monoisotopic (exact) mass is 210 g/mol. The van der Waals surface area contributed by atoms with E-state index in [9.17, 15) is 0 Å². The third-order valence-electron chi connectivity index (χ3n) is 2.54. The molecule has 1 atom stereocenters. The lowest BCUT2D eigenvalue weighted by Gasteiger charge is -2.10. The minimum Gasteiger partial charge on any atom is -0.315 e. The molecular weight excluding hydrogens is 196 g/mol. The van der Waals surface area contributed by atoms with Gasteiger partial charge in [-0.25, -0.2) is 0 Å². The van der Waals surface area contributed by atoms with Crippen LogP contribution in [0, 0.1) is 0 Å². The van der Waals surface area contributed by atoms with Crippen LogP contribution in [0.15, 0.2) is 24.3 Å². The second-order valence-corrected chi connectivity index (χ2v) is 4.14. The van der Waals surface area contributed by atoms with Crippen molar-refractivity contribution in [3.8, 4) is 0 Å². The van der Waals surface area contributed by atoms with Gasteiger partial charge >= 0.3 is 0 Å². The maximum absolute atomic E-state index is 5.90. The zero-order valence-electron chi connectivity index (χ0n) is 8.09. The maximum Gasteiger partial charge on any atom is 0.0409 e. The van der Waals surface area contributed by atoms with Crippen LogP contribution in [0.1, 0.15) is 12.0 Å². The van der Waals surface area contributed by atoms with Crippen LogP contribution in [0.5, 0.6) is 0 Å². The third-order valence-corrected chi connectivity index (χ3v) is 2.78. The van der Waals surface area contributed by atoms with Crippen molar-refractivity contribution >= 4 is 11.6 Å². The normalized spacial score (nSPS) is 21.4. The lowest BCUT2D eigenvalue weighted by molar-refractivity contribution is 0.547. The van der Waals surface area contributed by atoms with Crippen LogP contribution in [0.3, 0.4) is 0 Å². The molecule has 1 fully saturated rings. The van der Waals surface area contributed by atoms with Crippen molar-refractivity contribution in [3.63, 3.8) is 0 Å². The molecule has 1 saturated heterocycles. The lowest BCUT2D eigenvalue weighted by Crippen LogP contribution is -2.30. The predicted octanol–water partition coefficient (Wildman–Crippen LogP) is 1.79. The third kappa shape index (κ3) is 2.71. The predicted molar refractivity (Wildman–Crippen MR) is 59.6 cm³/mol. The van der Waals surface area contributed by atoms with Crippen molar-refractivity contribution in [2.45, 2.75) is 19.0 Å².